The predicted molar refractivity (Wildman–Crippen MR) is 64.9 cm³/mol. The van der Waals surface area contributed by atoms with Gasteiger partial charge in [0, 0.05) is 19.8 Å². The zero-order chi connectivity index (χ0) is 12.8. The number of benzene rings is 1. The standard InChI is InChI=1S/C12H16N2O3/c1-14(2)12(16)13-10-6-4-9(5-7-10)8-11(15)17-3/h4-7H,8H2,1-3H3,(H,13,16). The van der Waals surface area contributed by atoms with E-state index in [2.05, 4.69) is 10.1 Å². The molecule has 0 bridgehead atoms. The Hall–Kier alpha value is -2.04. The van der Waals surface area contributed by atoms with Crippen molar-refractivity contribution in [2.75, 3.05) is 26.5 Å². The Kier molecular flexibility index (Phi) is 4.51. The minimum atomic E-state index is -0.282. The number of hydrogen-bond acceptors (Lipinski definition) is 3. The third-order valence-corrected chi connectivity index (χ3v) is 2.19. The molecule has 92 valence electrons. The Morgan fingerprint density at radius 1 is 1.24 bits per heavy atom. The molecule has 0 aliphatic heterocycles. The predicted octanol–water partition coefficient (Wildman–Crippen LogP) is 1.50. The number of hydrogen-bond donors (Lipinski definition) is 1. The van der Waals surface area contributed by atoms with Gasteiger partial charge in [0.2, 0.25) is 0 Å². The molecular formula is C12H16N2O3. The van der Waals surface area contributed by atoms with E-state index in [1.807, 2.05) is 0 Å². The van der Waals surface area contributed by atoms with Crippen molar-refractivity contribution in [3.63, 3.8) is 0 Å². The molecule has 0 unspecified atom stereocenters. The van der Waals surface area contributed by atoms with Crippen molar-refractivity contribution < 1.29 is 14.3 Å². The summed E-state index contributed by atoms with van der Waals surface area (Å²) >= 11 is 0. The first-order chi connectivity index (χ1) is 8.02. The van der Waals surface area contributed by atoms with Gasteiger partial charge in [-0.05, 0) is 17.7 Å². The molecule has 0 fully saturated rings. The Bertz CT molecular complexity index is 399. The fraction of sp³-hybridized carbons (Fsp3) is 0.333. The average molecular weight is 236 g/mol. The lowest BCUT2D eigenvalue weighted by Crippen LogP contribution is -2.27. The molecule has 0 radical (unpaired) electrons. The van der Waals surface area contributed by atoms with E-state index in [-0.39, 0.29) is 18.4 Å². The summed E-state index contributed by atoms with van der Waals surface area (Å²) in [6.07, 6.45) is 0.235. The van der Waals surface area contributed by atoms with Gasteiger partial charge in [0.05, 0.1) is 13.5 Å². The number of methoxy groups -OCH3 is 1. The molecule has 1 aromatic rings. The molecule has 0 aliphatic rings. The highest BCUT2D eigenvalue weighted by molar-refractivity contribution is 5.88. The van der Waals surface area contributed by atoms with Gasteiger partial charge in [-0.25, -0.2) is 4.79 Å². The summed E-state index contributed by atoms with van der Waals surface area (Å²) in [5.41, 5.74) is 1.54. The van der Waals surface area contributed by atoms with E-state index in [0.717, 1.165) is 5.56 Å². The lowest BCUT2D eigenvalue weighted by atomic mass is 10.1. The second kappa shape index (κ2) is 5.89. The van der Waals surface area contributed by atoms with Crippen molar-refractivity contribution >= 4 is 17.7 Å². The normalized spacial score (nSPS) is 9.59. The van der Waals surface area contributed by atoms with Crippen LogP contribution in [0.5, 0.6) is 0 Å². The SMILES string of the molecule is COC(=O)Cc1ccc(NC(=O)N(C)C)cc1. The number of nitrogens with zero attached hydrogens (tertiary/aromatic N) is 1. The lowest BCUT2D eigenvalue weighted by molar-refractivity contribution is -0.139. The van der Waals surface area contributed by atoms with Gasteiger partial charge in [-0.15, -0.1) is 0 Å². The van der Waals surface area contributed by atoms with E-state index in [9.17, 15) is 9.59 Å². The summed E-state index contributed by atoms with van der Waals surface area (Å²) in [6, 6.07) is 6.87. The zero-order valence-corrected chi connectivity index (χ0v) is 10.2. The molecule has 5 heteroatoms. The largest absolute Gasteiger partial charge is 0.469 e. The van der Waals surface area contributed by atoms with Crippen LogP contribution in [0, 0.1) is 0 Å². The number of amides is 2. The van der Waals surface area contributed by atoms with Crippen LogP contribution in [0.1, 0.15) is 5.56 Å². The van der Waals surface area contributed by atoms with Crippen molar-refractivity contribution in [3.05, 3.63) is 29.8 Å². The van der Waals surface area contributed by atoms with E-state index in [4.69, 9.17) is 0 Å². The molecule has 0 aromatic heterocycles. The highest BCUT2D eigenvalue weighted by atomic mass is 16.5. The summed E-state index contributed by atoms with van der Waals surface area (Å²) in [5, 5.41) is 2.71. The first-order valence-electron chi connectivity index (χ1n) is 5.17. The first-order valence-corrected chi connectivity index (χ1v) is 5.17. The van der Waals surface area contributed by atoms with E-state index in [0.29, 0.717) is 5.69 Å². The number of carbonyl (C=O) groups excluding carboxylic acids is 2. The summed E-state index contributed by atoms with van der Waals surface area (Å²) in [6.45, 7) is 0. The van der Waals surface area contributed by atoms with Gasteiger partial charge in [0.1, 0.15) is 0 Å². The van der Waals surface area contributed by atoms with Crippen LogP contribution in [-0.4, -0.2) is 38.1 Å². The van der Waals surface area contributed by atoms with Crippen LogP contribution in [0.4, 0.5) is 10.5 Å². The molecule has 0 heterocycles. The van der Waals surface area contributed by atoms with Gasteiger partial charge in [0.15, 0.2) is 0 Å². The van der Waals surface area contributed by atoms with E-state index in [1.54, 1.807) is 38.4 Å². The van der Waals surface area contributed by atoms with E-state index >= 15 is 0 Å². The van der Waals surface area contributed by atoms with E-state index in [1.165, 1.54) is 12.0 Å². The lowest BCUT2D eigenvalue weighted by Gasteiger charge is -2.12. The highest BCUT2D eigenvalue weighted by Gasteiger charge is 2.05. The van der Waals surface area contributed by atoms with Crippen molar-refractivity contribution in [3.8, 4) is 0 Å². The highest BCUT2D eigenvalue weighted by Crippen LogP contribution is 2.10. The smallest absolute Gasteiger partial charge is 0.321 e. The van der Waals surface area contributed by atoms with Crippen LogP contribution in [0.3, 0.4) is 0 Å². The van der Waals surface area contributed by atoms with Gasteiger partial charge < -0.3 is 15.0 Å². The molecular weight excluding hydrogens is 220 g/mol. The quantitative estimate of drug-likeness (QED) is 0.809. The van der Waals surface area contributed by atoms with Crippen LogP contribution in [0.25, 0.3) is 0 Å². The van der Waals surface area contributed by atoms with Gasteiger partial charge >= 0.3 is 12.0 Å². The third kappa shape index (κ3) is 4.14. The second-order valence-electron chi connectivity index (χ2n) is 3.77. The molecule has 0 saturated carbocycles. The van der Waals surface area contributed by atoms with Crippen LogP contribution in [0.2, 0.25) is 0 Å². The Labute approximate surface area is 100 Å². The molecule has 1 rings (SSSR count). The Balaban J connectivity index is 2.62. The van der Waals surface area contributed by atoms with Crippen molar-refractivity contribution in [1.29, 1.82) is 0 Å². The number of urea groups is 1. The van der Waals surface area contributed by atoms with Gasteiger partial charge in [0.25, 0.3) is 0 Å². The van der Waals surface area contributed by atoms with Crippen LogP contribution >= 0.6 is 0 Å². The minimum absolute atomic E-state index is 0.189. The van der Waals surface area contributed by atoms with Crippen molar-refractivity contribution in [1.82, 2.24) is 4.90 Å². The maximum Gasteiger partial charge on any atom is 0.321 e. The summed E-state index contributed by atoms with van der Waals surface area (Å²) < 4.78 is 4.57. The topological polar surface area (TPSA) is 58.6 Å². The van der Waals surface area contributed by atoms with Gasteiger partial charge in [-0.3, -0.25) is 4.79 Å². The van der Waals surface area contributed by atoms with Crippen molar-refractivity contribution in [2.24, 2.45) is 0 Å². The van der Waals surface area contributed by atoms with E-state index < -0.39 is 0 Å². The third-order valence-electron chi connectivity index (χ3n) is 2.19. The molecule has 0 aliphatic carbocycles. The zero-order valence-electron chi connectivity index (χ0n) is 10.2. The van der Waals surface area contributed by atoms with Crippen LogP contribution in [0.15, 0.2) is 24.3 Å². The average Bonchev–Trinajstić information content (AvgIpc) is 2.31. The Morgan fingerprint density at radius 3 is 2.29 bits per heavy atom. The van der Waals surface area contributed by atoms with Crippen LogP contribution in [-0.2, 0) is 16.0 Å². The molecule has 17 heavy (non-hydrogen) atoms. The molecule has 0 spiro atoms. The Morgan fingerprint density at radius 2 is 1.82 bits per heavy atom. The van der Waals surface area contributed by atoms with Gasteiger partial charge in [-0.2, -0.15) is 0 Å². The number of carbonyl (C=O) groups is 2. The monoisotopic (exact) mass is 236 g/mol. The number of ether oxygens (including phenoxy) is 1. The fourth-order valence-corrected chi connectivity index (χ4v) is 1.18. The maximum absolute atomic E-state index is 11.4. The number of nitrogens with one attached hydrogen (secondary N) is 1. The molecule has 5 nitrogen and oxygen atoms in total. The molecule has 1 aromatic carbocycles. The molecule has 0 atom stereocenters. The summed E-state index contributed by atoms with van der Waals surface area (Å²) in [5.74, 6) is -0.282. The second-order valence-corrected chi connectivity index (χ2v) is 3.77. The van der Waals surface area contributed by atoms with Crippen molar-refractivity contribution in [2.45, 2.75) is 6.42 Å². The summed E-state index contributed by atoms with van der Waals surface area (Å²) in [4.78, 5) is 23.8. The molecule has 1 N–H and O–H groups in total. The number of rotatable bonds is 3. The number of esters is 1. The molecule has 0 saturated heterocycles. The maximum atomic E-state index is 11.4. The molecule has 2 amide bonds. The summed E-state index contributed by atoms with van der Waals surface area (Å²) in [7, 11) is 4.69. The first kappa shape index (κ1) is 13.0. The number of anilines is 1. The van der Waals surface area contributed by atoms with Gasteiger partial charge in [-0.1, -0.05) is 12.1 Å². The fourth-order valence-electron chi connectivity index (χ4n) is 1.18. The minimum Gasteiger partial charge on any atom is -0.469 e. The van der Waals surface area contributed by atoms with Crippen LogP contribution < -0.4 is 5.32 Å².